The highest BCUT2D eigenvalue weighted by Gasteiger charge is 2.34. The maximum Gasteiger partial charge on any atom is 0.251 e. The predicted molar refractivity (Wildman–Crippen MR) is 125 cm³/mol. The largest absolute Gasteiger partial charge is 0.374 e. The summed E-state index contributed by atoms with van der Waals surface area (Å²) in [5, 5.41) is 5.71. The first kappa shape index (κ1) is 24.4. The summed E-state index contributed by atoms with van der Waals surface area (Å²) in [6, 6.07) is 17.5. The van der Waals surface area contributed by atoms with Gasteiger partial charge in [0.2, 0.25) is 11.8 Å². The van der Waals surface area contributed by atoms with E-state index in [-0.39, 0.29) is 24.5 Å². The Morgan fingerprint density at radius 3 is 2.36 bits per heavy atom. The zero-order valence-corrected chi connectivity index (χ0v) is 19.1. The number of benzene rings is 2. The summed E-state index contributed by atoms with van der Waals surface area (Å²) in [6.45, 7) is 4.36. The number of rotatable bonds is 9. The van der Waals surface area contributed by atoms with Gasteiger partial charge in [-0.25, -0.2) is 0 Å². The van der Waals surface area contributed by atoms with Crippen molar-refractivity contribution in [1.82, 2.24) is 15.5 Å². The van der Waals surface area contributed by atoms with Crippen LogP contribution in [0.3, 0.4) is 0 Å². The van der Waals surface area contributed by atoms with E-state index >= 15 is 0 Å². The van der Waals surface area contributed by atoms with E-state index in [4.69, 9.17) is 10.5 Å². The van der Waals surface area contributed by atoms with Crippen molar-refractivity contribution in [2.75, 3.05) is 19.7 Å². The number of amides is 3. The van der Waals surface area contributed by atoms with Crippen LogP contribution in [0.15, 0.2) is 60.7 Å². The molecule has 0 saturated carbocycles. The molecule has 0 aromatic heterocycles. The fraction of sp³-hybridized carbons (Fsp3) is 0.400. The highest BCUT2D eigenvalue weighted by molar-refractivity contribution is 5.94. The number of nitrogens with zero attached hydrogens (tertiary/aromatic N) is 1. The van der Waals surface area contributed by atoms with E-state index in [1.165, 1.54) is 0 Å². The van der Waals surface area contributed by atoms with Gasteiger partial charge in [0.15, 0.2) is 0 Å². The molecule has 0 aliphatic carbocycles. The standard InChI is InChI=1S/C25H32N4O4/c1-25(2,26)24(32)28-21(17-33-16-18-9-5-3-6-10-18)23(31)29-14-13-20(15-29)27-22(30)19-11-7-4-8-12-19/h3-12,20-21H,13-17,26H2,1-2H3,(H,27,30)(H,28,32)/t20-,21?/m1/s1. The van der Waals surface area contributed by atoms with Crippen LogP contribution in [0.5, 0.6) is 0 Å². The van der Waals surface area contributed by atoms with E-state index in [1.807, 2.05) is 36.4 Å². The van der Waals surface area contributed by atoms with Crippen LogP contribution in [0.2, 0.25) is 0 Å². The van der Waals surface area contributed by atoms with Crippen molar-refractivity contribution < 1.29 is 19.1 Å². The minimum atomic E-state index is -1.13. The lowest BCUT2D eigenvalue weighted by Crippen LogP contribution is -2.57. The molecule has 176 valence electrons. The van der Waals surface area contributed by atoms with Crippen molar-refractivity contribution >= 4 is 17.7 Å². The molecule has 8 heteroatoms. The Balaban J connectivity index is 1.59. The summed E-state index contributed by atoms with van der Waals surface area (Å²) in [4.78, 5) is 39.8. The minimum Gasteiger partial charge on any atom is -0.374 e. The molecule has 0 bridgehead atoms. The summed E-state index contributed by atoms with van der Waals surface area (Å²) in [5.41, 5.74) is 6.32. The third-order valence-electron chi connectivity index (χ3n) is 5.46. The van der Waals surface area contributed by atoms with Crippen molar-refractivity contribution in [3.8, 4) is 0 Å². The average molecular weight is 453 g/mol. The summed E-state index contributed by atoms with van der Waals surface area (Å²) in [6.07, 6.45) is 0.637. The van der Waals surface area contributed by atoms with Gasteiger partial charge in [0, 0.05) is 24.7 Å². The highest BCUT2D eigenvalue weighted by Crippen LogP contribution is 2.13. The number of carbonyl (C=O) groups excluding carboxylic acids is 3. The van der Waals surface area contributed by atoms with E-state index in [1.54, 1.807) is 43.0 Å². The van der Waals surface area contributed by atoms with Crippen LogP contribution in [-0.4, -0.2) is 59.9 Å². The highest BCUT2D eigenvalue weighted by atomic mass is 16.5. The zero-order valence-electron chi connectivity index (χ0n) is 19.1. The molecule has 0 spiro atoms. The van der Waals surface area contributed by atoms with E-state index in [0.29, 0.717) is 31.7 Å². The van der Waals surface area contributed by atoms with Crippen LogP contribution in [0.4, 0.5) is 0 Å². The molecule has 2 aromatic carbocycles. The van der Waals surface area contributed by atoms with Crippen LogP contribution < -0.4 is 16.4 Å². The number of carbonyl (C=O) groups is 3. The monoisotopic (exact) mass is 452 g/mol. The molecule has 4 N–H and O–H groups in total. The van der Waals surface area contributed by atoms with Crippen molar-refractivity contribution in [2.24, 2.45) is 5.73 Å². The van der Waals surface area contributed by atoms with Crippen LogP contribution >= 0.6 is 0 Å². The Morgan fingerprint density at radius 2 is 1.73 bits per heavy atom. The van der Waals surface area contributed by atoms with Gasteiger partial charge in [0.25, 0.3) is 5.91 Å². The molecule has 8 nitrogen and oxygen atoms in total. The molecule has 1 aliphatic heterocycles. The number of hydrogen-bond donors (Lipinski definition) is 3. The van der Waals surface area contributed by atoms with Crippen LogP contribution in [0.1, 0.15) is 36.2 Å². The second kappa shape index (κ2) is 11.1. The van der Waals surface area contributed by atoms with Crippen LogP contribution in [0.25, 0.3) is 0 Å². The predicted octanol–water partition coefficient (Wildman–Crippen LogP) is 1.46. The first-order valence-electron chi connectivity index (χ1n) is 11.1. The normalized spacial score (nSPS) is 16.8. The lowest BCUT2D eigenvalue weighted by Gasteiger charge is -2.27. The summed E-state index contributed by atoms with van der Waals surface area (Å²) in [5.74, 6) is -0.856. The Kier molecular flexibility index (Phi) is 8.19. The molecule has 1 unspecified atom stereocenters. The van der Waals surface area contributed by atoms with Crippen molar-refractivity contribution in [1.29, 1.82) is 0 Å². The van der Waals surface area contributed by atoms with E-state index in [9.17, 15) is 14.4 Å². The zero-order chi connectivity index (χ0) is 23.8. The number of nitrogens with two attached hydrogens (primary N) is 1. The lowest BCUT2D eigenvalue weighted by molar-refractivity contribution is -0.138. The maximum atomic E-state index is 13.2. The van der Waals surface area contributed by atoms with E-state index in [0.717, 1.165) is 5.56 Å². The lowest BCUT2D eigenvalue weighted by atomic mass is 10.1. The molecule has 1 heterocycles. The van der Waals surface area contributed by atoms with Crippen LogP contribution in [-0.2, 0) is 20.9 Å². The van der Waals surface area contributed by atoms with Gasteiger partial charge >= 0.3 is 0 Å². The number of ether oxygens (including phenoxy) is 1. The topological polar surface area (TPSA) is 114 Å². The molecule has 0 radical (unpaired) electrons. The van der Waals surface area contributed by atoms with Gasteiger partial charge in [-0.2, -0.15) is 0 Å². The Hall–Kier alpha value is -3.23. The van der Waals surface area contributed by atoms with Crippen molar-refractivity contribution in [2.45, 2.75) is 44.5 Å². The molecule has 3 amide bonds. The first-order chi connectivity index (χ1) is 15.7. The van der Waals surface area contributed by atoms with Crippen LogP contribution in [0, 0.1) is 0 Å². The number of hydrogen-bond acceptors (Lipinski definition) is 5. The number of likely N-dealkylation sites (tertiary alicyclic amines) is 1. The SMILES string of the molecule is CC(C)(N)C(=O)NC(COCc1ccccc1)C(=O)N1CC[C@@H](NC(=O)c2ccccc2)C1. The Bertz CT molecular complexity index is 944. The molecule has 33 heavy (non-hydrogen) atoms. The minimum absolute atomic E-state index is 0.0209. The quantitative estimate of drug-likeness (QED) is 0.533. The molecule has 3 rings (SSSR count). The first-order valence-corrected chi connectivity index (χ1v) is 11.1. The van der Waals surface area contributed by atoms with Gasteiger partial charge in [-0.1, -0.05) is 48.5 Å². The Labute approximate surface area is 194 Å². The van der Waals surface area contributed by atoms with Crippen molar-refractivity contribution in [3.63, 3.8) is 0 Å². The molecular weight excluding hydrogens is 420 g/mol. The average Bonchev–Trinajstić information content (AvgIpc) is 3.27. The molecule has 1 fully saturated rings. The molecular formula is C25H32N4O4. The van der Waals surface area contributed by atoms with Crippen molar-refractivity contribution in [3.05, 3.63) is 71.8 Å². The molecule has 1 aliphatic rings. The summed E-state index contributed by atoms with van der Waals surface area (Å²) in [7, 11) is 0. The third kappa shape index (κ3) is 7.13. The van der Waals surface area contributed by atoms with Gasteiger partial charge in [-0.3, -0.25) is 14.4 Å². The van der Waals surface area contributed by atoms with E-state index < -0.39 is 17.5 Å². The van der Waals surface area contributed by atoms with E-state index in [2.05, 4.69) is 10.6 Å². The summed E-state index contributed by atoms with van der Waals surface area (Å²) < 4.78 is 5.75. The molecule has 1 saturated heterocycles. The Morgan fingerprint density at radius 1 is 1.09 bits per heavy atom. The summed E-state index contributed by atoms with van der Waals surface area (Å²) >= 11 is 0. The smallest absolute Gasteiger partial charge is 0.251 e. The molecule has 2 aromatic rings. The number of nitrogens with one attached hydrogen (secondary N) is 2. The second-order valence-corrected chi connectivity index (χ2v) is 8.86. The van der Waals surface area contributed by atoms with Gasteiger partial charge < -0.3 is 26.0 Å². The van der Waals surface area contributed by atoms with Gasteiger partial charge in [-0.05, 0) is 38.0 Å². The van der Waals surface area contributed by atoms with Gasteiger partial charge in [0.1, 0.15) is 6.04 Å². The maximum absolute atomic E-state index is 13.2. The fourth-order valence-corrected chi connectivity index (χ4v) is 3.54. The third-order valence-corrected chi connectivity index (χ3v) is 5.46. The van der Waals surface area contributed by atoms with Gasteiger partial charge in [0.05, 0.1) is 18.8 Å². The fourth-order valence-electron chi connectivity index (χ4n) is 3.54. The second-order valence-electron chi connectivity index (χ2n) is 8.86. The van der Waals surface area contributed by atoms with Gasteiger partial charge in [-0.15, -0.1) is 0 Å². The molecule has 2 atom stereocenters.